The Morgan fingerprint density at radius 2 is 2.20 bits per heavy atom. The van der Waals surface area contributed by atoms with Crippen molar-refractivity contribution in [3.05, 3.63) is 41.3 Å². The Kier molecular flexibility index (Phi) is 3.19. The van der Waals surface area contributed by atoms with Crippen molar-refractivity contribution in [3.63, 3.8) is 0 Å². The van der Waals surface area contributed by atoms with Gasteiger partial charge in [0.15, 0.2) is 0 Å². The zero-order valence-electron chi connectivity index (χ0n) is 11.1. The van der Waals surface area contributed by atoms with Gasteiger partial charge in [-0.3, -0.25) is 10.1 Å². The van der Waals surface area contributed by atoms with Gasteiger partial charge in [0.1, 0.15) is 16.3 Å². The predicted octanol–water partition coefficient (Wildman–Crippen LogP) is 2.56. The molecule has 0 bridgehead atoms. The Hall–Kier alpha value is -2.28. The van der Waals surface area contributed by atoms with Gasteiger partial charge in [0.2, 0.25) is 5.13 Å². The topological polar surface area (TPSA) is 72.2 Å². The van der Waals surface area contributed by atoms with E-state index in [1.165, 1.54) is 11.3 Å². The number of fused-ring (bicyclic) bond motifs is 1. The maximum Gasteiger partial charge on any atom is 0.277 e. The zero-order valence-corrected chi connectivity index (χ0v) is 11.9. The lowest BCUT2D eigenvalue weighted by Gasteiger charge is -1.96. The number of hydrogen-bond donors (Lipinski definition) is 1. The quantitative estimate of drug-likeness (QED) is 0.803. The average Bonchev–Trinajstić information content (AvgIpc) is 3.04. The molecule has 20 heavy (non-hydrogen) atoms. The Morgan fingerprint density at radius 1 is 1.35 bits per heavy atom. The first-order valence-electron chi connectivity index (χ1n) is 6.22. The lowest BCUT2D eigenvalue weighted by Crippen LogP contribution is -2.12. The summed E-state index contributed by atoms with van der Waals surface area (Å²) < 4.78 is 1.80. The largest absolute Gasteiger partial charge is 0.306 e. The highest BCUT2D eigenvalue weighted by molar-refractivity contribution is 7.15. The molecular formula is C13H13N5OS. The number of aromatic nitrogens is 4. The lowest BCUT2D eigenvalue weighted by molar-refractivity contribution is 0.102. The van der Waals surface area contributed by atoms with E-state index < -0.39 is 0 Å². The standard InChI is InChI=1S/C13H13N5OS/c1-8(2)12-16-17-13(20-12)15-11(19)9-7-18-6-4-3-5-10(18)14-9/h3-8H,1-2H3,(H,15,17,19). The van der Waals surface area contributed by atoms with Crippen LogP contribution in [0.5, 0.6) is 0 Å². The van der Waals surface area contributed by atoms with E-state index in [-0.39, 0.29) is 5.91 Å². The number of nitrogens with zero attached hydrogens (tertiary/aromatic N) is 4. The molecule has 3 heterocycles. The van der Waals surface area contributed by atoms with Crippen molar-refractivity contribution in [1.29, 1.82) is 0 Å². The van der Waals surface area contributed by atoms with Crippen LogP contribution in [0.15, 0.2) is 30.6 Å². The first-order valence-corrected chi connectivity index (χ1v) is 7.03. The Morgan fingerprint density at radius 3 is 2.90 bits per heavy atom. The van der Waals surface area contributed by atoms with E-state index in [4.69, 9.17) is 0 Å². The van der Waals surface area contributed by atoms with Crippen LogP contribution in [0.1, 0.15) is 35.3 Å². The van der Waals surface area contributed by atoms with Gasteiger partial charge >= 0.3 is 0 Å². The highest BCUT2D eigenvalue weighted by atomic mass is 32.1. The highest BCUT2D eigenvalue weighted by Gasteiger charge is 2.14. The van der Waals surface area contributed by atoms with Crippen molar-refractivity contribution in [2.75, 3.05) is 5.32 Å². The predicted molar refractivity (Wildman–Crippen MR) is 77.1 cm³/mol. The van der Waals surface area contributed by atoms with Crippen molar-refractivity contribution in [2.24, 2.45) is 0 Å². The van der Waals surface area contributed by atoms with Gasteiger partial charge in [-0.15, -0.1) is 10.2 Å². The van der Waals surface area contributed by atoms with E-state index >= 15 is 0 Å². The molecule has 3 aromatic heterocycles. The number of imidazole rings is 1. The minimum atomic E-state index is -0.278. The fraction of sp³-hybridized carbons (Fsp3) is 0.231. The van der Waals surface area contributed by atoms with Crippen LogP contribution < -0.4 is 5.32 Å². The van der Waals surface area contributed by atoms with Crippen LogP contribution in [-0.2, 0) is 0 Å². The number of amides is 1. The van der Waals surface area contributed by atoms with Gasteiger partial charge in [-0.25, -0.2) is 4.98 Å². The Bertz CT molecular complexity index is 728. The molecular weight excluding hydrogens is 274 g/mol. The number of carbonyl (C=O) groups excluding carboxylic acids is 1. The van der Waals surface area contributed by atoms with Crippen LogP contribution in [-0.4, -0.2) is 25.5 Å². The summed E-state index contributed by atoms with van der Waals surface area (Å²) in [5, 5.41) is 12.1. The summed E-state index contributed by atoms with van der Waals surface area (Å²) in [5.41, 5.74) is 1.09. The molecule has 0 aliphatic heterocycles. The molecule has 102 valence electrons. The summed E-state index contributed by atoms with van der Waals surface area (Å²) in [4.78, 5) is 16.4. The summed E-state index contributed by atoms with van der Waals surface area (Å²) in [6, 6.07) is 5.61. The molecule has 1 amide bonds. The van der Waals surface area contributed by atoms with E-state index in [9.17, 15) is 4.79 Å². The molecule has 0 atom stereocenters. The molecule has 0 fully saturated rings. The molecule has 0 saturated heterocycles. The van der Waals surface area contributed by atoms with Gasteiger partial charge in [0, 0.05) is 18.3 Å². The second kappa shape index (κ2) is 5.01. The summed E-state index contributed by atoms with van der Waals surface area (Å²) in [5.74, 6) is 0.0218. The van der Waals surface area contributed by atoms with E-state index in [1.54, 1.807) is 10.6 Å². The fourth-order valence-corrected chi connectivity index (χ4v) is 2.46. The highest BCUT2D eigenvalue weighted by Crippen LogP contribution is 2.22. The van der Waals surface area contributed by atoms with Crippen molar-refractivity contribution < 1.29 is 4.79 Å². The second-order valence-corrected chi connectivity index (χ2v) is 5.66. The average molecular weight is 287 g/mol. The Balaban J connectivity index is 1.81. The summed E-state index contributed by atoms with van der Waals surface area (Å²) >= 11 is 1.38. The number of carbonyl (C=O) groups is 1. The molecule has 0 radical (unpaired) electrons. The molecule has 0 aliphatic rings. The van der Waals surface area contributed by atoms with Crippen molar-refractivity contribution in [3.8, 4) is 0 Å². The molecule has 1 N–H and O–H groups in total. The van der Waals surface area contributed by atoms with E-state index in [1.807, 2.05) is 38.2 Å². The van der Waals surface area contributed by atoms with Gasteiger partial charge in [0.05, 0.1) is 0 Å². The maximum absolute atomic E-state index is 12.1. The number of hydrogen-bond acceptors (Lipinski definition) is 5. The first-order chi connectivity index (χ1) is 9.63. The van der Waals surface area contributed by atoms with E-state index in [0.717, 1.165) is 10.7 Å². The van der Waals surface area contributed by atoms with Crippen LogP contribution in [0.3, 0.4) is 0 Å². The molecule has 0 aliphatic carbocycles. The second-order valence-electron chi connectivity index (χ2n) is 4.65. The minimum Gasteiger partial charge on any atom is -0.306 e. The summed E-state index contributed by atoms with van der Waals surface area (Å²) in [7, 11) is 0. The van der Waals surface area contributed by atoms with Gasteiger partial charge in [-0.2, -0.15) is 0 Å². The molecule has 3 rings (SSSR count). The van der Waals surface area contributed by atoms with Crippen LogP contribution in [0.25, 0.3) is 5.65 Å². The van der Waals surface area contributed by atoms with E-state index in [0.29, 0.717) is 16.7 Å². The normalized spacial score (nSPS) is 11.2. The molecule has 0 unspecified atom stereocenters. The van der Waals surface area contributed by atoms with E-state index in [2.05, 4.69) is 20.5 Å². The molecule has 0 saturated carbocycles. The van der Waals surface area contributed by atoms with Crippen LogP contribution in [0.4, 0.5) is 5.13 Å². The lowest BCUT2D eigenvalue weighted by atomic mass is 10.2. The fourth-order valence-electron chi connectivity index (χ4n) is 1.72. The summed E-state index contributed by atoms with van der Waals surface area (Å²) in [6.07, 6.45) is 3.54. The molecule has 0 aromatic carbocycles. The third-order valence-corrected chi connectivity index (χ3v) is 3.89. The SMILES string of the molecule is CC(C)c1nnc(NC(=O)c2cn3ccccc3n2)s1. The van der Waals surface area contributed by atoms with Crippen LogP contribution in [0.2, 0.25) is 0 Å². The number of anilines is 1. The van der Waals surface area contributed by atoms with Gasteiger partial charge in [-0.05, 0) is 12.1 Å². The van der Waals surface area contributed by atoms with Crippen molar-refractivity contribution >= 4 is 28.0 Å². The van der Waals surface area contributed by atoms with Gasteiger partial charge in [-0.1, -0.05) is 31.3 Å². The van der Waals surface area contributed by atoms with Crippen molar-refractivity contribution in [1.82, 2.24) is 19.6 Å². The number of rotatable bonds is 3. The number of pyridine rings is 1. The third-order valence-electron chi connectivity index (χ3n) is 2.75. The maximum atomic E-state index is 12.1. The molecule has 7 heteroatoms. The molecule has 0 spiro atoms. The number of nitrogens with one attached hydrogen (secondary N) is 1. The van der Waals surface area contributed by atoms with Crippen molar-refractivity contribution in [2.45, 2.75) is 19.8 Å². The zero-order chi connectivity index (χ0) is 14.1. The molecule has 6 nitrogen and oxygen atoms in total. The molecule has 3 aromatic rings. The Labute approximate surface area is 119 Å². The monoisotopic (exact) mass is 287 g/mol. The minimum absolute atomic E-state index is 0.278. The third kappa shape index (κ3) is 2.39. The summed E-state index contributed by atoms with van der Waals surface area (Å²) in [6.45, 7) is 4.07. The first kappa shape index (κ1) is 12.7. The van der Waals surface area contributed by atoms with Crippen LogP contribution in [0, 0.1) is 0 Å². The van der Waals surface area contributed by atoms with Gasteiger partial charge < -0.3 is 4.40 Å². The van der Waals surface area contributed by atoms with Crippen LogP contribution >= 0.6 is 11.3 Å². The smallest absolute Gasteiger partial charge is 0.277 e. The van der Waals surface area contributed by atoms with Gasteiger partial charge in [0.25, 0.3) is 5.91 Å².